The summed E-state index contributed by atoms with van der Waals surface area (Å²) in [6, 6.07) is 13.8. The minimum Gasteiger partial charge on any atom is -0.369 e. The van der Waals surface area contributed by atoms with Gasteiger partial charge in [0.05, 0.1) is 11.3 Å². The molecule has 4 heteroatoms. The fraction of sp³-hybridized carbons (Fsp3) is 0.133. The molecule has 0 fully saturated rings. The minimum absolute atomic E-state index is 0.353. The van der Waals surface area contributed by atoms with Gasteiger partial charge in [0, 0.05) is 18.6 Å². The summed E-state index contributed by atoms with van der Waals surface area (Å²) < 4.78 is 13.0. The molecule has 0 aromatic heterocycles. The van der Waals surface area contributed by atoms with Crippen LogP contribution in [0.2, 0.25) is 5.02 Å². The molecule has 0 saturated carbocycles. The van der Waals surface area contributed by atoms with Crippen LogP contribution in [0.15, 0.2) is 42.5 Å². The normalized spacial score (nSPS) is 10.0. The fourth-order valence-corrected chi connectivity index (χ4v) is 2.12. The highest BCUT2D eigenvalue weighted by molar-refractivity contribution is 6.31. The predicted molar refractivity (Wildman–Crippen MR) is 74.7 cm³/mol. The molecular weight excluding hydrogens is 263 g/mol. The zero-order valence-electron chi connectivity index (χ0n) is 10.4. The molecule has 2 aromatic carbocycles. The molecule has 0 amide bonds. The molecule has 0 saturated heterocycles. The molecule has 2 rings (SSSR count). The molecule has 0 aliphatic heterocycles. The van der Waals surface area contributed by atoms with E-state index in [4.69, 9.17) is 16.9 Å². The van der Waals surface area contributed by atoms with Crippen molar-refractivity contribution in [2.24, 2.45) is 0 Å². The third-order valence-corrected chi connectivity index (χ3v) is 3.21. The van der Waals surface area contributed by atoms with Crippen LogP contribution in [0.4, 0.5) is 10.1 Å². The second kappa shape index (κ2) is 5.73. The van der Waals surface area contributed by atoms with Crippen LogP contribution in [-0.4, -0.2) is 7.05 Å². The topological polar surface area (TPSA) is 27.0 Å². The SMILES string of the molecule is CN(Cc1ccc(F)cc1Cl)c1ccccc1C#N. The molecule has 19 heavy (non-hydrogen) atoms. The molecule has 0 aliphatic carbocycles. The van der Waals surface area contributed by atoms with E-state index < -0.39 is 0 Å². The molecule has 96 valence electrons. The first-order valence-electron chi connectivity index (χ1n) is 5.76. The van der Waals surface area contributed by atoms with Crippen molar-refractivity contribution in [3.05, 3.63) is 64.4 Å². The molecule has 0 atom stereocenters. The van der Waals surface area contributed by atoms with Crippen LogP contribution < -0.4 is 4.90 Å². The van der Waals surface area contributed by atoms with Crippen LogP contribution >= 0.6 is 11.6 Å². The van der Waals surface area contributed by atoms with E-state index in [2.05, 4.69) is 6.07 Å². The Labute approximate surface area is 116 Å². The van der Waals surface area contributed by atoms with Gasteiger partial charge in [0.1, 0.15) is 11.9 Å². The number of halogens is 2. The maximum absolute atomic E-state index is 13.0. The fourth-order valence-electron chi connectivity index (χ4n) is 1.89. The quantitative estimate of drug-likeness (QED) is 0.846. The van der Waals surface area contributed by atoms with Gasteiger partial charge in [-0.15, -0.1) is 0 Å². The highest BCUT2D eigenvalue weighted by Crippen LogP contribution is 2.23. The summed E-state index contributed by atoms with van der Waals surface area (Å²) in [5, 5.41) is 9.46. The van der Waals surface area contributed by atoms with Gasteiger partial charge in [-0.1, -0.05) is 29.8 Å². The summed E-state index contributed by atoms with van der Waals surface area (Å²) in [6.45, 7) is 0.512. The van der Waals surface area contributed by atoms with Gasteiger partial charge in [-0.25, -0.2) is 4.39 Å². The maximum atomic E-state index is 13.0. The van der Waals surface area contributed by atoms with Crippen molar-refractivity contribution >= 4 is 17.3 Å². The van der Waals surface area contributed by atoms with E-state index in [1.165, 1.54) is 12.1 Å². The van der Waals surface area contributed by atoms with Gasteiger partial charge >= 0.3 is 0 Å². The lowest BCUT2D eigenvalue weighted by Crippen LogP contribution is -2.17. The van der Waals surface area contributed by atoms with Crippen LogP contribution in [0, 0.1) is 17.1 Å². The first kappa shape index (κ1) is 13.4. The van der Waals surface area contributed by atoms with Crippen LogP contribution in [-0.2, 0) is 6.54 Å². The van der Waals surface area contributed by atoms with Gasteiger partial charge in [-0.3, -0.25) is 0 Å². The largest absolute Gasteiger partial charge is 0.369 e. The summed E-state index contributed by atoms with van der Waals surface area (Å²) in [5.41, 5.74) is 2.24. The highest BCUT2D eigenvalue weighted by atomic mass is 35.5. The van der Waals surface area contributed by atoms with Crippen molar-refractivity contribution in [1.29, 1.82) is 5.26 Å². The molecule has 0 unspecified atom stereocenters. The molecule has 2 nitrogen and oxygen atoms in total. The van der Waals surface area contributed by atoms with E-state index in [9.17, 15) is 4.39 Å². The lowest BCUT2D eigenvalue weighted by molar-refractivity contribution is 0.627. The van der Waals surface area contributed by atoms with Crippen molar-refractivity contribution in [3.8, 4) is 6.07 Å². The van der Waals surface area contributed by atoms with Gasteiger partial charge in [0.25, 0.3) is 0 Å². The van der Waals surface area contributed by atoms with E-state index in [0.29, 0.717) is 17.1 Å². The maximum Gasteiger partial charge on any atom is 0.124 e. The van der Waals surface area contributed by atoms with E-state index in [0.717, 1.165) is 11.3 Å². The number of anilines is 1. The number of rotatable bonds is 3. The monoisotopic (exact) mass is 274 g/mol. The molecule has 2 aromatic rings. The molecule has 0 spiro atoms. The summed E-state index contributed by atoms with van der Waals surface area (Å²) in [7, 11) is 1.87. The summed E-state index contributed by atoms with van der Waals surface area (Å²) >= 11 is 6.00. The van der Waals surface area contributed by atoms with Crippen LogP contribution in [0.1, 0.15) is 11.1 Å². The number of nitriles is 1. The lowest BCUT2D eigenvalue weighted by Gasteiger charge is -2.21. The molecule has 0 radical (unpaired) electrons. The van der Waals surface area contributed by atoms with Gasteiger partial charge < -0.3 is 4.90 Å². The van der Waals surface area contributed by atoms with E-state index in [1.807, 2.05) is 30.1 Å². The van der Waals surface area contributed by atoms with Crippen molar-refractivity contribution in [1.82, 2.24) is 0 Å². The van der Waals surface area contributed by atoms with Gasteiger partial charge in [0.2, 0.25) is 0 Å². The molecule has 0 heterocycles. The Morgan fingerprint density at radius 1 is 1.26 bits per heavy atom. The first-order chi connectivity index (χ1) is 9.11. The molecule has 0 N–H and O–H groups in total. The Morgan fingerprint density at radius 3 is 2.68 bits per heavy atom. The minimum atomic E-state index is -0.353. The third kappa shape index (κ3) is 3.04. The van der Waals surface area contributed by atoms with E-state index in [-0.39, 0.29) is 5.82 Å². The summed E-state index contributed by atoms with van der Waals surface area (Å²) in [5.74, 6) is -0.353. The van der Waals surface area contributed by atoms with Crippen molar-refractivity contribution in [2.45, 2.75) is 6.54 Å². The summed E-state index contributed by atoms with van der Waals surface area (Å²) in [4.78, 5) is 1.91. The molecule has 0 bridgehead atoms. The smallest absolute Gasteiger partial charge is 0.124 e. The zero-order chi connectivity index (χ0) is 13.8. The van der Waals surface area contributed by atoms with Crippen LogP contribution in [0.5, 0.6) is 0 Å². The van der Waals surface area contributed by atoms with Crippen molar-refractivity contribution in [2.75, 3.05) is 11.9 Å². The van der Waals surface area contributed by atoms with Crippen molar-refractivity contribution in [3.63, 3.8) is 0 Å². The van der Waals surface area contributed by atoms with Crippen LogP contribution in [0.25, 0.3) is 0 Å². The lowest BCUT2D eigenvalue weighted by atomic mass is 10.1. The number of para-hydroxylation sites is 1. The Hall–Kier alpha value is -2.05. The second-order valence-corrected chi connectivity index (χ2v) is 4.63. The Bertz CT molecular complexity index is 634. The van der Waals surface area contributed by atoms with Gasteiger partial charge in [-0.05, 0) is 29.8 Å². The average Bonchev–Trinajstić information content (AvgIpc) is 2.41. The Balaban J connectivity index is 2.26. The van der Waals surface area contributed by atoms with E-state index in [1.54, 1.807) is 12.1 Å². The van der Waals surface area contributed by atoms with Gasteiger partial charge in [0.15, 0.2) is 0 Å². The third-order valence-electron chi connectivity index (χ3n) is 2.86. The van der Waals surface area contributed by atoms with Gasteiger partial charge in [-0.2, -0.15) is 5.26 Å². The Kier molecular flexibility index (Phi) is 4.03. The predicted octanol–water partition coefficient (Wildman–Crippen LogP) is 3.99. The Morgan fingerprint density at radius 2 is 2.00 bits per heavy atom. The van der Waals surface area contributed by atoms with Crippen molar-refractivity contribution < 1.29 is 4.39 Å². The highest BCUT2D eigenvalue weighted by Gasteiger charge is 2.09. The molecule has 0 aliphatic rings. The zero-order valence-corrected chi connectivity index (χ0v) is 11.2. The second-order valence-electron chi connectivity index (χ2n) is 4.22. The van der Waals surface area contributed by atoms with Crippen LogP contribution in [0.3, 0.4) is 0 Å². The van der Waals surface area contributed by atoms with E-state index >= 15 is 0 Å². The standard InChI is InChI=1S/C15H12ClFN2/c1-19(15-5-3-2-4-11(15)9-18)10-12-6-7-13(17)8-14(12)16/h2-8H,10H2,1H3. The number of benzene rings is 2. The summed E-state index contributed by atoms with van der Waals surface area (Å²) in [6.07, 6.45) is 0. The number of hydrogen-bond acceptors (Lipinski definition) is 2. The number of nitrogens with zero attached hydrogens (tertiary/aromatic N) is 2. The molecular formula is C15H12ClFN2. The average molecular weight is 275 g/mol. The number of hydrogen-bond donors (Lipinski definition) is 0. The first-order valence-corrected chi connectivity index (χ1v) is 6.14.